The van der Waals surface area contributed by atoms with E-state index in [0.717, 1.165) is 19.5 Å². The van der Waals surface area contributed by atoms with Gasteiger partial charge in [-0.25, -0.2) is 8.78 Å². The van der Waals surface area contributed by atoms with Crippen molar-refractivity contribution in [3.8, 4) is 0 Å². The average Bonchev–Trinajstić information content (AvgIpc) is 2.68. The summed E-state index contributed by atoms with van der Waals surface area (Å²) in [5.41, 5.74) is 0. The number of aliphatic hydroxyl groups is 1. The number of aliphatic hydroxyl groups excluding tert-OH is 1. The maximum atomic E-state index is 12.5. The molecule has 1 saturated heterocycles. The molecule has 1 atom stereocenters. The molecule has 0 spiro atoms. The largest absolute Gasteiger partial charge is 0.390 e. The highest BCUT2D eigenvalue weighted by molar-refractivity contribution is 5.76. The predicted molar refractivity (Wildman–Crippen MR) is 50.6 cm³/mol. The molecule has 4 nitrogen and oxygen atoms in total. The molecule has 0 saturated carbocycles. The van der Waals surface area contributed by atoms with Gasteiger partial charge in [0.1, 0.15) is 6.61 Å². The number of hydrogen-bond acceptors (Lipinski definition) is 3. The van der Waals surface area contributed by atoms with Gasteiger partial charge in [0.15, 0.2) is 0 Å². The van der Waals surface area contributed by atoms with E-state index in [9.17, 15) is 13.6 Å². The van der Waals surface area contributed by atoms with E-state index >= 15 is 0 Å². The van der Waals surface area contributed by atoms with E-state index in [2.05, 4.69) is 10.6 Å². The van der Waals surface area contributed by atoms with Crippen molar-refractivity contribution in [1.82, 2.24) is 10.6 Å². The van der Waals surface area contributed by atoms with Crippen molar-refractivity contribution in [3.05, 3.63) is 0 Å². The minimum absolute atomic E-state index is 0.243. The predicted octanol–water partition coefficient (Wildman–Crippen LogP) is -0.270. The van der Waals surface area contributed by atoms with Gasteiger partial charge in [-0.2, -0.15) is 0 Å². The van der Waals surface area contributed by atoms with Crippen LogP contribution in [0.2, 0.25) is 0 Å². The summed E-state index contributed by atoms with van der Waals surface area (Å²) in [5, 5.41) is 13.5. The lowest BCUT2D eigenvalue weighted by Gasteiger charge is -2.15. The number of amides is 1. The van der Waals surface area contributed by atoms with Crippen LogP contribution in [0.1, 0.15) is 12.8 Å². The molecular weight excluding hydrogens is 206 g/mol. The number of alkyl halides is 2. The zero-order valence-electron chi connectivity index (χ0n) is 8.43. The third kappa shape index (κ3) is 4.53. The molecule has 6 heteroatoms. The normalized spacial score (nSPS) is 21.7. The molecular formula is C9H16F2N2O2. The standard InChI is InChI=1S/C9H16F2N2O2/c10-9(11,6-14)5-13-8(15)3-7-1-2-12-4-7/h7,12,14H,1-6H2,(H,13,15). The summed E-state index contributed by atoms with van der Waals surface area (Å²) < 4.78 is 25.1. The van der Waals surface area contributed by atoms with Gasteiger partial charge in [-0.05, 0) is 25.4 Å². The van der Waals surface area contributed by atoms with Crippen molar-refractivity contribution in [2.45, 2.75) is 18.8 Å². The van der Waals surface area contributed by atoms with Crippen LogP contribution in [0.4, 0.5) is 8.78 Å². The van der Waals surface area contributed by atoms with Gasteiger partial charge in [0, 0.05) is 6.42 Å². The van der Waals surface area contributed by atoms with Crippen molar-refractivity contribution in [2.24, 2.45) is 5.92 Å². The van der Waals surface area contributed by atoms with Gasteiger partial charge in [-0.15, -0.1) is 0 Å². The van der Waals surface area contributed by atoms with Gasteiger partial charge in [-0.3, -0.25) is 4.79 Å². The van der Waals surface area contributed by atoms with Crippen molar-refractivity contribution in [1.29, 1.82) is 0 Å². The van der Waals surface area contributed by atoms with Crippen molar-refractivity contribution >= 4 is 5.91 Å². The number of rotatable bonds is 5. The minimum atomic E-state index is -3.22. The van der Waals surface area contributed by atoms with Crippen LogP contribution in [-0.2, 0) is 4.79 Å². The zero-order valence-corrected chi connectivity index (χ0v) is 8.43. The smallest absolute Gasteiger partial charge is 0.287 e. The lowest BCUT2D eigenvalue weighted by molar-refractivity contribution is -0.124. The summed E-state index contributed by atoms with van der Waals surface area (Å²) in [5.74, 6) is -3.35. The first-order valence-corrected chi connectivity index (χ1v) is 4.99. The minimum Gasteiger partial charge on any atom is -0.390 e. The van der Waals surface area contributed by atoms with Gasteiger partial charge >= 0.3 is 0 Å². The Morgan fingerprint density at radius 2 is 2.33 bits per heavy atom. The molecule has 15 heavy (non-hydrogen) atoms. The van der Waals surface area contributed by atoms with Crippen LogP contribution in [0.25, 0.3) is 0 Å². The molecule has 1 fully saturated rings. The number of carbonyl (C=O) groups excluding carboxylic acids is 1. The molecule has 88 valence electrons. The molecule has 1 amide bonds. The third-order valence-corrected chi connectivity index (χ3v) is 2.41. The quantitative estimate of drug-likeness (QED) is 0.600. The molecule has 1 rings (SSSR count). The van der Waals surface area contributed by atoms with Crippen LogP contribution in [0.5, 0.6) is 0 Å². The highest BCUT2D eigenvalue weighted by atomic mass is 19.3. The number of nitrogens with one attached hydrogen (secondary N) is 2. The second-order valence-corrected chi connectivity index (χ2v) is 3.85. The molecule has 3 N–H and O–H groups in total. The Morgan fingerprint density at radius 3 is 2.87 bits per heavy atom. The molecule has 0 aromatic carbocycles. The van der Waals surface area contributed by atoms with Crippen LogP contribution in [0, 0.1) is 5.92 Å². The Balaban J connectivity index is 2.18. The summed E-state index contributed by atoms with van der Waals surface area (Å²) in [6.07, 6.45) is 1.18. The molecule has 1 unspecified atom stereocenters. The SMILES string of the molecule is O=C(CC1CCNC1)NCC(F)(F)CO. The summed E-state index contributed by atoms with van der Waals surface area (Å²) in [6.45, 7) is -0.380. The topological polar surface area (TPSA) is 61.4 Å². The van der Waals surface area contributed by atoms with Crippen LogP contribution >= 0.6 is 0 Å². The fourth-order valence-corrected chi connectivity index (χ4v) is 1.51. The number of carbonyl (C=O) groups is 1. The first kappa shape index (κ1) is 12.3. The van der Waals surface area contributed by atoms with Crippen molar-refractivity contribution in [3.63, 3.8) is 0 Å². The van der Waals surface area contributed by atoms with Crippen LogP contribution in [0.15, 0.2) is 0 Å². The highest BCUT2D eigenvalue weighted by Crippen LogP contribution is 2.13. The molecule has 0 aromatic heterocycles. The van der Waals surface area contributed by atoms with Gasteiger partial charge in [0.2, 0.25) is 5.91 Å². The fourth-order valence-electron chi connectivity index (χ4n) is 1.51. The third-order valence-electron chi connectivity index (χ3n) is 2.41. The van der Waals surface area contributed by atoms with E-state index in [1.54, 1.807) is 0 Å². The molecule has 1 aliphatic heterocycles. The van der Waals surface area contributed by atoms with Crippen LogP contribution in [-0.4, -0.2) is 43.2 Å². The Kier molecular flexibility index (Phi) is 4.41. The molecule has 0 bridgehead atoms. The van der Waals surface area contributed by atoms with Crippen LogP contribution < -0.4 is 10.6 Å². The number of hydrogen-bond donors (Lipinski definition) is 3. The van der Waals surface area contributed by atoms with Crippen molar-refractivity contribution in [2.75, 3.05) is 26.2 Å². The van der Waals surface area contributed by atoms with E-state index in [0.29, 0.717) is 0 Å². The monoisotopic (exact) mass is 222 g/mol. The molecule has 1 aliphatic rings. The molecule has 1 heterocycles. The maximum Gasteiger partial charge on any atom is 0.287 e. The lowest BCUT2D eigenvalue weighted by atomic mass is 10.0. The Hall–Kier alpha value is -0.750. The first-order valence-electron chi connectivity index (χ1n) is 4.99. The van der Waals surface area contributed by atoms with E-state index in [1.165, 1.54) is 0 Å². The second kappa shape index (κ2) is 5.37. The van der Waals surface area contributed by atoms with E-state index in [-0.39, 0.29) is 18.2 Å². The first-order chi connectivity index (χ1) is 7.03. The summed E-state index contributed by atoms with van der Waals surface area (Å²) in [4.78, 5) is 11.2. The second-order valence-electron chi connectivity index (χ2n) is 3.85. The average molecular weight is 222 g/mol. The van der Waals surface area contributed by atoms with Gasteiger partial charge < -0.3 is 15.7 Å². The van der Waals surface area contributed by atoms with Gasteiger partial charge in [0.25, 0.3) is 5.92 Å². The van der Waals surface area contributed by atoms with Crippen LogP contribution in [0.3, 0.4) is 0 Å². The number of halogens is 2. The summed E-state index contributed by atoms with van der Waals surface area (Å²) in [7, 11) is 0. The lowest BCUT2D eigenvalue weighted by Crippen LogP contribution is -2.39. The highest BCUT2D eigenvalue weighted by Gasteiger charge is 2.28. The molecule has 0 aromatic rings. The Morgan fingerprint density at radius 1 is 1.60 bits per heavy atom. The van der Waals surface area contributed by atoms with E-state index in [4.69, 9.17) is 5.11 Å². The summed E-state index contributed by atoms with van der Waals surface area (Å²) in [6, 6.07) is 0. The zero-order chi connectivity index (χ0) is 11.3. The van der Waals surface area contributed by atoms with E-state index in [1.807, 2.05) is 0 Å². The Bertz CT molecular complexity index is 218. The van der Waals surface area contributed by atoms with Crippen molar-refractivity contribution < 1.29 is 18.7 Å². The molecule has 0 radical (unpaired) electrons. The maximum absolute atomic E-state index is 12.5. The van der Waals surface area contributed by atoms with Gasteiger partial charge in [0.05, 0.1) is 6.54 Å². The van der Waals surface area contributed by atoms with E-state index < -0.39 is 19.1 Å². The molecule has 0 aliphatic carbocycles. The Labute approximate surface area is 87.0 Å². The summed E-state index contributed by atoms with van der Waals surface area (Å²) >= 11 is 0. The fraction of sp³-hybridized carbons (Fsp3) is 0.889. The van der Waals surface area contributed by atoms with Gasteiger partial charge in [-0.1, -0.05) is 0 Å².